The molecule has 0 fully saturated rings. The minimum Gasteiger partial charge on any atom is -0.478 e. The van der Waals surface area contributed by atoms with Crippen LogP contribution in [0.1, 0.15) is 10.4 Å². The normalized spacial score (nSPS) is 11.2. The first-order valence-corrected chi connectivity index (χ1v) is 9.30. The Labute approximate surface area is 146 Å². The number of rotatable bonds is 5. The van der Waals surface area contributed by atoms with Crippen LogP contribution >= 0.6 is 11.3 Å². The van der Waals surface area contributed by atoms with Gasteiger partial charge in [-0.05, 0) is 18.2 Å². The maximum absolute atomic E-state index is 13.9. The van der Waals surface area contributed by atoms with Crippen LogP contribution in [0.15, 0.2) is 58.8 Å². The van der Waals surface area contributed by atoms with Gasteiger partial charge in [0.15, 0.2) is 5.13 Å². The Kier molecular flexibility index (Phi) is 4.51. The fraction of sp³-hybridized carbons (Fsp3) is 0. The number of nitrogens with one attached hydrogen (secondary N) is 1. The first-order valence-electron chi connectivity index (χ1n) is 6.93. The highest BCUT2D eigenvalue weighted by atomic mass is 32.2. The number of carboxylic acid groups (broad SMARTS) is 1. The molecule has 0 radical (unpaired) electrons. The van der Waals surface area contributed by atoms with Gasteiger partial charge >= 0.3 is 5.97 Å². The second-order valence-corrected chi connectivity index (χ2v) is 7.47. The van der Waals surface area contributed by atoms with E-state index in [2.05, 4.69) is 9.71 Å². The van der Waals surface area contributed by atoms with Crippen molar-refractivity contribution in [1.29, 1.82) is 0 Å². The molecule has 3 aromatic rings. The molecule has 3 rings (SSSR count). The molecule has 0 saturated heterocycles. The molecule has 25 heavy (non-hydrogen) atoms. The van der Waals surface area contributed by atoms with Gasteiger partial charge in [0.1, 0.15) is 10.7 Å². The quantitative estimate of drug-likeness (QED) is 0.709. The zero-order chi connectivity index (χ0) is 18.0. The lowest BCUT2D eigenvalue weighted by molar-refractivity contribution is 0.0696. The predicted molar refractivity (Wildman–Crippen MR) is 91.7 cm³/mol. The molecule has 0 unspecified atom stereocenters. The standard InChI is InChI=1S/C16H11FN2O4S2/c17-12-7-6-11(15(20)21)8-14(12)25(22,23)19-16-18-13(9-24-16)10-4-2-1-3-5-10/h1-9H,(H,18,19)(H,20,21). The summed E-state index contributed by atoms with van der Waals surface area (Å²) < 4.78 is 40.8. The van der Waals surface area contributed by atoms with Crippen molar-refractivity contribution >= 4 is 32.5 Å². The fourth-order valence-corrected chi connectivity index (χ4v) is 4.15. The Morgan fingerprint density at radius 1 is 1.16 bits per heavy atom. The third-order valence-electron chi connectivity index (χ3n) is 3.26. The van der Waals surface area contributed by atoms with Gasteiger partial charge in [0.25, 0.3) is 10.0 Å². The molecule has 0 spiro atoms. The van der Waals surface area contributed by atoms with Gasteiger partial charge in [0.05, 0.1) is 11.3 Å². The zero-order valence-electron chi connectivity index (χ0n) is 12.5. The number of aromatic carboxylic acids is 1. The van der Waals surface area contributed by atoms with E-state index in [1.54, 1.807) is 5.38 Å². The number of halogens is 1. The summed E-state index contributed by atoms with van der Waals surface area (Å²) in [6, 6.07) is 11.7. The fourth-order valence-electron chi connectivity index (χ4n) is 2.07. The molecule has 1 heterocycles. The lowest BCUT2D eigenvalue weighted by Gasteiger charge is -2.07. The number of hydrogen-bond donors (Lipinski definition) is 2. The number of carbonyl (C=O) groups is 1. The summed E-state index contributed by atoms with van der Waals surface area (Å²) in [6.07, 6.45) is 0. The smallest absolute Gasteiger partial charge is 0.335 e. The summed E-state index contributed by atoms with van der Waals surface area (Å²) in [4.78, 5) is 14.4. The van der Waals surface area contributed by atoms with Gasteiger partial charge in [-0.25, -0.2) is 22.6 Å². The van der Waals surface area contributed by atoms with Crippen molar-refractivity contribution in [3.63, 3.8) is 0 Å². The van der Waals surface area contributed by atoms with Crippen LogP contribution < -0.4 is 4.72 Å². The molecule has 128 valence electrons. The number of aromatic nitrogens is 1. The van der Waals surface area contributed by atoms with Crippen molar-refractivity contribution in [2.24, 2.45) is 0 Å². The van der Waals surface area contributed by atoms with E-state index in [0.717, 1.165) is 35.1 Å². The third kappa shape index (κ3) is 3.67. The molecule has 0 aliphatic carbocycles. The Bertz CT molecular complexity index is 1030. The number of hydrogen-bond acceptors (Lipinski definition) is 5. The van der Waals surface area contributed by atoms with E-state index >= 15 is 0 Å². The van der Waals surface area contributed by atoms with Crippen LogP contribution in [-0.2, 0) is 10.0 Å². The maximum Gasteiger partial charge on any atom is 0.335 e. The molecule has 2 aromatic carbocycles. The van der Waals surface area contributed by atoms with E-state index in [9.17, 15) is 17.6 Å². The number of anilines is 1. The Hall–Kier alpha value is -2.78. The van der Waals surface area contributed by atoms with Crippen LogP contribution in [0.25, 0.3) is 11.3 Å². The van der Waals surface area contributed by atoms with Crippen molar-refractivity contribution in [2.45, 2.75) is 4.90 Å². The molecule has 0 bridgehead atoms. The SMILES string of the molecule is O=C(O)c1ccc(F)c(S(=O)(=O)Nc2nc(-c3ccccc3)cs2)c1. The molecule has 9 heteroatoms. The highest BCUT2D eigenvalue weighted by molar-refractivity contribution is 7.93. The predicted octanol–water partition coefficient (Wildman–Crippen LogP) is 3.45. The van der Waals surface area contributed by atoms with Crippen molar-refractivity contribution in [1.82, 2.24) is 4.98 Å². The molecule has 6 nitrogen and oxygen atoms in total. The largest absolute Gasteiger partial charge is 0.478 e. The van der Waals surface area contributed by atoms with Crippen LogP contribution in [0.5, 0.6) is 0 Å². The van der Waals surface area contributed by atoms with Gasteiger partial charge in [-0.1, -0.05) is 30.3 Å². The number of thiazole rings is 1. The van der Waals surface area contributed by atoms with E-state index < -0.39 is 26.7 Å². The van der Waals surface area contributed by atoms with E-state index in [-0.39, 0.29) is 10.7 Å². The van der Waals surface area contributed by atoms with Gasteiger partial charge in [-0.2, -0.15) is 0 Å². The number of sulfonamides is 1. The Morgan fingerprint density at radius 3 is 2.56 bits per heavy atom. The Balaban J connectivity index is 1.91. The summed E-state index contributed by atoms with van der Waals surface area (Å²) in [5, 5.41) is 10.7. The van der Waals surface area contributed by atoms with Crippen LogP contribution in [0.3, 0.4) is 0 Å². The first kappa shape index (κ1) is 17.1. The van der Waals surface area contributed by atoms with Crippen LogP contribution in [0, 0.1) is 5.82 Å². The van der Waals surface area contributed by atoms with E-state index in [1.807, 2.05) is 30.3 Å². The number of carboxylic acids is 1. The van der Waals surface area contributed by atoms with Gasteiger partial charge < -0.3 is 5.11 Å². The summed E-state index contributed by atoms with van der Waals surface area (Å²) >= 11 is 1.04. The molecule has 0 amide bonds. The van der Waals surface area contributed by atoms with Gasteiger partial charge in [0, 0.05) is 10.9 Å². The summed E-state index contributed by atoms with van der Waals surface area (Å²) in [5.41, 5.74) is 1.05. The minimum absolute atomic E-state index is 0.0546. The molecule has 0 saturated carbocycles. The van der Waals surface area contributed by atoms with Gasteiger partial charge in [0.2, 0.25) is 0 Å². The second kappa shape index (κ2) is 6.61. The molecule has 0 aliphatic heterocycles. The number of nitrogens with zero attached hydrogens (tertiary/aromatic N) is 1. The molecular weight excluding hydrogens is 367 g/mol. The minimum atomic E-state index is -4.31. The zero-order valence-corrected chi connectivity index (χ0v) is 14.1. The van der Waals surface area contributed by atoms with E-state index in [4.69, 9.17) is 5.11 Å². The third-order valence-corrected chi connectivity index (χ3v) is 5.50. The molecule has 0 aliphatic rings. The van der Waals surface area contributed by atoms with Crippen molar-refractivity contribution in [3.8, 4) is 11.3 Å². The van der Waals surface area contributed by atoms with Crippen LogP contribution in [0.2, 0.25) is 0 Å². The van der Waals surface area contributed by atoms with Crippen molar-refractivity contribution < 1.29 is 22.7 Å². The second-order valence-electron chi connectivity index (χ2n) is 4.96. The van der Waals surface area contributed by atoms with Crippen LogP contribution in [-0.4, -0.2) is 24.5 Å². The monoisotopic (exact) mass is 378 g/mol. The van der Waals surface area contributed by atoms with Crippen molar-refractivity contribution in [3.05, 3.63) is 65.3 Å². The van der Waals surface area contributed by atoms with Crippen molar-refractivity contribution in [2.75, 3.05) is 4.72 Å². The highest BCUT2D eigenvalue weighted by Crippen LogP contribution is 2.27. The lowest BCUT2D eigenvalue weighted by atomic mass is 10.2. The molecular formula is C16H11FN2O4S2. The summed E-state index contributed by atoms with van der Waals surface area (Å²) in [7, 11) is -4.31. The first-order chi connectivity index (χ1) is 11.9. The number of benzene rings is 2. The average molecular weight is 378 g/mol. The maximum atomic E-state index is 13.9. The average Bonchev–Trinajstić information content (AvgIpc) is 3.03. The topological polar surface area (TPSA) is 96.4 Å². The van der Waals surface area contributed by atoms with Crippen LogP contribution in [0.4, 0.5) is 9.52 Å². The highest BCUT2D eigenvalue weighted by Gasteiger charge is 2.22. The Morgan fingerprint density at radius 2 is 1.88 bits per heavy atom. The molecule has 2 N–H and O–H groups in total. The molecule has 0 atom stereocenters. The summed E-state index contributed by atoms with van der Waals surface area (Å²) in [5.74, 6) is -2.39. The molecule has 1 aromatic heterocycles. The lowest BCUT2D eigenvalue weighted by Crippen LogP contribution is -2.15. The van der Waals surface area contributed by atoms with Gasteiger partial charge in [-0.15, -0.1) is 11.3 Å². The van der Waals surface area contributed by atoms with Gasteiger partial charge in [-0.3, -0.25) is 4.72 Å². The summed E-state index contributed by atoms with van der Waals surface area (Å²) in [6.45, 7) is 0. The van der Waals surface area contributed by atoms with E-state index in [1.165, 1.54) is 0 Å². The van der Waals surface area contributed by atoms with E-state index in [0.29, 0.717) is 5.69 Å².